The van der Waals surface area contributed by atoms with E-state index in [1.165, 1.54) is 42.5 Å². The quantitative estimate of drug-likeness (QED) is 0.252. The van der Waals surface area contributed by atoms with E-state index in [1.807, 2.05) is 6.07 Å². The molecule has 0 amide bonds. The van der Waals surface area contributed by atoms with Crippen LogP contribution in [0.4, 0.5) is 13.2 Å². The van der Waals surface area contributed by atoms with Gasteiger partial charge in [0.25, 0.3) is 10.0 Å². The third kappa shape index (κ3) is 5.34. The highest BCUT2D eigenvalue weighted by atomic mass is 32.2. The van der Waals surface area contributed by atoms with Crippen molar-refractivity contribution < 1.29 is 36.2 Å². The fourth-order valence-electron chi connectivity index (χ4n) is 4.10. The van der Waals surface area contributed by atoms with Crippen LogP contribution in [0.15, 0.2) is 102 Å². The molecule has 5 aromatic rings. The second-order valence-corrected chi connectivity index (χ2v) is 10.4. The predicted molar refractivity (Wildman–Crippen MR) is 136 cm³/mol. The lowest BCUT2D eigenvalue weighted by molar-refractivity contribution is -0.137. The molecule has 1 N–H and O–H groups in total. The molecule has 0 unspecified atom stereocenters. The summed E-state index contributed by atoms with van der Waals surface area (Å²) in [6, 6.07) is 21.5. The summed E-state index contributed by atoms with van der Waals surface area (Å²) < 4.78 is 74.3. The number of aromatic carboxylic acids is 1. The largest absolute Gasteiger partial charge is 0.478 e. The van der Waals surface area contributed by atoms with Crippen molar-refractivity contribution in [2.75, 3.05) is 0 Å². The van der Waals surface area contributed by atoms with E-state index in [-0.39, 0.29) is 39.4 Å². The predicted octanol–water partition coefficient (Wildman–Crippen LogP) is 6.37. The standard InChI is InChI=1S/C28H19F3N2O5S/c29-28(30,31)21-10-12-25-20(15-21)16-22(14-18-6-8-19(9-7-18)27(34)35)33(25)39(36,37)24-11-13-26(32-17-24)38-23-4-2-1-3-5-23/h1-13,15-17H,14H2,(H,34,35). The summed E-state index contributed by atoms with van der Waals surface area (Å²) in [5.74, 6) is -0.454. The lowest BCUT2D eigenvalue weighted by Gasteiger charge is -2.13. The van der Waals surface area contributed by atoms with E-state index >= 15 is 0 Å². The second-order valence-electron chi connectivity index (χ2n) is 8.60. The molecule has 2 heterocycles. The Hall–Kier alpha value is -4.64. The minimum atomic E-state index is -4.61. The third-order valence-electron chi connectivity index (χ3n) is 5.96. The molecule has 7 nitrogen and oxygen atoms in total. The molecule has 0 radical (unpaired) electrons. The molecule has 0 aliphatic carbocycles. The molecule has 5 rings (SSSR count). The summed E-state index contributed by atoms with van der Waals surface area (Å²) in [4.78, 5) is 15.1. The average molecular weight is 553 g/mol. The molecular weight excluding hydrogens is 533 g/mol. The first-order valence-corrected chi connectivity index (χ1v) is 12.9. The van der Waals surface area contributed by atoms with E-state index in [9.17, 15) is 26.4 Å². The molecule has 0 aliphatic heterocycles. The maximum absolute atomic E-state index is 13.8. The van der Waals surface area contributed by atoms with Crippen LogP contribution in [0.1, 0.15) is 27.2 Å². The summed E-state index contributed by atoms with van der Waals surface area (Å²) in [5, 5.41) is 9.23. The van der Waals surface area contributed by atoms with E-state index in [0.29, 0.717) is 11.3 Å². The number of hydrogen-bond acceptors (Lipinski definition) is 5. The fraction of sp³-hybridized carbons (Fsp3) is 0.0714. The van der Waals surface area contributed by atoms with Gasteiger partial charge in [0, 0.05) is 23.6 Å². The zero-order chi connectivity index (χ0) is 27.8. The zero-order valence-electron chi connectivity index (χ0n) is 20.0. The van der Waals surface area contributed by atoms with Gasteiger partial charge in [-0.1, -0.05) is 30.3 Å². The molecule has 0 saturated carbocycles. The number of ether oxygens (including phenoxy) is 1. The van der Waals surface area contributed by atoms with Gasteiger partial charge in [0.1, 0.15) is 10.6 Å². The van der Waals surface area contributed by atoms with Crippen molar-refractivity contribution in [2.24, 2.45) is 0 Å². The minimum Gasteiger partial charge on any atom is -0.478 e. The van der Waals surface area contributed by atoms with Gasteiger partial charge < -0.3 is 9.84 Å². The molecule has 3 aromatic carbocycles. The summed E-state index contributed by atoms with van der Waals surface area (Å²) in [7, 11) is -4.31. The number of para-hydroxylation sites is 1. The number of rotatable bonds is 7. The molecule has 0 bridgehead atoms. The molecule has 0 atom stereocenters. The number of alkyl halides is 3. The van der Waals surface area contributed by atoms with Crippen molar-refractivity contribution in [2.45, 2.75) is 17.5 Å². The SMILES string of the molecule is O=C(O)c1ccc(Cc2cc3cc(C(F)(F)F)ccc3n2S(=O)(=O)c2ccc(Oc3ccccc3)nc2)cc1. The van der Waals surface area contributed by atoms with Gasteiger partial charge in [0.05, 0.1) is 22.8 Å². The molecule has 11 heteroatoms. The number of carbonyl (C=O) groups is 1. The second kappa shape index (κ2) is 9.91. The van der Waals surface area contributed by atoms with Crippen LogP contribution >= 0.6 is 0 Å². The molecule has 39 heavy (non-hydrogen) atoms. The number of carboxylic acid groups (broad SMARTS) is 1. The van der Waals surface area contributed by atoms with Crippen LogP contribution in [0.3, 0.4) is 0 Å². The Morgan fingerprint density at radius 1 is 0.923 bits per heavy atom. The van der Waals surface area contributed by atoms with Crippen LogP contribution in [0.2, 0.25) is 0 Å². The number of halogens is 3. The summed E-state index contributed by atoms with van der Waals surface area (Å²) in [5.41, 5.74) is -0.0431. The van der Waals surface area contributed by atoms with E-state index in [2.05, 4.69) is 4.98 Å². The smallest absolute Gasteiger partial charge is 0.416 e. The highest BCUT2D eigenvalue weighted by molar-refractivity contribution is 7.90. The Morgan fingerprint density at radius 2 is 1.64 bits per heavy atom. The highest BCUT2D eigenvalue weighted by Gasteiger charge is 2.32. The van der Waals surface area contributed by atoms with Gasteiger partial charge in [-0.15, -0.1) is 0 Å². The molecule has 0 aliphatic rings. The first-order chi connectivity index (χ1) is 18.5. The first-order valence-electron chi connectivity index (χ1n) is 11.5. The number of nitrogens with zero attached hydrogens (tertiary/aromatic N) is 2. The zero-order valence-corrected chi connectivity index (χ0v) is 20.8. The van der Waals surface area contributed by atoms with Gasteiger partial charge in [-0.05, 0) is 60.2 Å². The maximum atomic E-state index is 13.8. The van der Waals surface area contributed by atoms with Gasteiger partial charge in [-0.25, -0.2) is 22.2 Å². The molecule has 198 valence electrons. The van der Waals surface area contributed by atoms with Crippen LogP contribution in [0, 0.1) is 0 Å². The lowest BCUT2D eigenvalue weighted by atomic mass is 10.1. The molecular formula is C28H19F3N2O5S. The molecule has 0 saturated heterocycles. The first kappa shape index (κ1) is 26.0. The van der Waals surface area contributed by atoms with E-state index in [0.717, 1.165) is 28.4 Å². The van der Waals surface area contributed by atoms with Gasteiger partial charge >= 0.3 is 12.1 Å². The topological polar surface area (TPSA) is 98.5 Å². The fourth-order valence-corrected chi connectivity index (χ4v) is 5.59. The Labute approximate surface area is 220 Å². The third-order valence-corrected chi connectivity index (χ3v) is 7.70. The minimum absolute atomic E-state index is 0.0117. The van der Waals surface area contributed by atoms with Crippen LogP contribution < -0.4 is 4.74 Å². The summed E-state index contributed by atoms with van der Waals surface area (Å²) in [6.07, 6.45) is -3.48. The van der Waals surface area contributed by atoms with Crippen LogP contribution in [0.5, 0.6) is 11.6 Å². The highest BCUT2D eigenvalue weighted by Crippen LogP contribution is 2.34. The van der Waals surface area contributed by atoms with Crippen molar-refractivity contribution in [1.82, 2.24) is 8.96 Å². The number of fused-ring (bicyclic) bond motifs is 1. The normalized spacial score (nSPS) is 12.0. The average Bonchev–Trinajstić information content (AvgIpc) is 3.27. The van der Waals surface area contributed by atoms with Crippen LogP contribution in [0.25, 0.3) is 10.9 Å². The Kier molecular flexibility index (Phi) is 6.61. The Bertz CT molecular complexity index is 1770. The number of carboxylic acids is 1. The Balaban J connectivity index is 1.57. The van der Waals surface area contributed by atoms with Crippen molar-refractivity contribution in [3.63, 3.8) is 0 Å². The van der Waals surface area contributed by atoms with E-state index < -0.39 is 27.7 Å². The van der Waals surface area contributed by atoms with Crippen LogP contribution in [-0.4, -0.2) is 28.5 Å². The number of pyridine rings is 1. The molecule has 0 fully saturated rings. The number of aromatic nitrogens is 2. The monoisotopic (exact) mass is 552 g/mol. The van der Waals surface area contributed by atoms with Crippen LogP contribution in [-0.2, 0) is 22.6 Å². The Morgan fingerprint density at radius 3 is 2.26 bits per heavy atom. The molecule has 0 spiro atoms. The maximum Gasteiger partial charge on any atom is 0.416 e. The van der Waals surface area contributed by atoms with Gasteiger partial charge in [-0.3, -0.25) is 0 Å². The van der Waals surface area contributed by atoms with Crippen molar-refractivity contribution in [3.8, 4) is 11.6 Å². The van der Waals surface area contributed by atoms with Crippen molar-refractivity contribution in [1.29, 1.82) is 0 Å². The van der Waals surface area contributed by atoms with Gasteiger partial charge in [0.2, 0.25) is 5.88 Å². The van der Waals surface area contributed by atoms with E-state index in [1.54, 1.807) is 24.3 Å². The number of hydrogen-bond donors (Lipinski definition) is 1. The van der Waals surface area contributed by atoms with Gasteiger partial charge in [0.15, 0.2) is 0 Å². The number of benzene rings is 3. The van der Waals surface area contributed by atoms with E-state index in [4.69, 9.17) is 9.84 Å². The lowest BCUT2D eigenvalue weighted by Crippen LogP contribution is -2.16. The molecule has 2 aromatic heterocycles. The van der Waals surface area contributed by atoms with Crippen molar-refractivity contribution in [3.05, 3.63) is 120 Å². The van der Waals surface area contributed by atoms with Crippen molar-refractivity contribution >= 4 is 26.9 Å². The summed E-state index contributed by atoms with van der Waals surface area (Å²) >= 11 is 0. The van der Waals surface area contributed by atoms with Gasteiger partial charge in [-0.2, -0.15) is 13.2 Å². The summed E-state index contributed by atoms with van der Waals surface area (Å²) in [6.45, 7) is 0.